The van der Waals surface area contributed by atoms with E-state index in [1.54, 1.807) is 0 Å². The standard InChI is InChI=1S/C16H23BrN2O2/c1-11(2)15(21-14-6-4-3-5-13(14)17)16(20)19-8-7-12(9-18)10-19/h3-6,11-12,15H,7-10,18H2,1-2H3/t12-,15-/m0/s1. The summed E-state index contributed by atoms with van der Waals surface area (Å²) in [7, 11) is 0. The predicted octanol–water partition coefficient (Wildman–Crippen LogP) is 2.66. The fourth-order valence-electron chi connectivity index (χ4n) is 2.55. The minimum atomic E-state index is -0.458. The van der Waals surface area contributed by atoms with Gasteiger partial charge in [-0.05, 0) is 52.9 Å². The average Bonchev–Trinajstić information content (AvgIpc) is 2.94. The van der Waals surface area contributed by atoms with E-state index in [2.05, 4.69) is 15.9 Å². The summed E-state index contributed by atoms with van der Waals surface area (Å²) in [6.45, 7) is 6.19. The zero-order valence-corrected chi connectivity index (χ0v) is 14.2. The Balaban J connectivity index is 2.09. The molecule has 0 spiro atoms. The molecule has 2 rings (SSSR count). The van der Waals surface area contributed by atoms with Crippen LogP contribution in [0.2, 0.25) is 0 Å². The minimum absolute atomic E-state index is 0.0664. The molecule has 0 bridgehead atoms. The van der Waals surface area contributed by atoms with E-state index in [1.807, 2.05) is 43.0 Å². The van der Waals surface area contributed by atoms with E-state index in [0.717, 1.165) is 24.0 Å². The molecule has 0 aliphatic carbocycles. The number of carbonyl (C=O) groups is 1. The van der Waals surface area contributed by atoms with E-state index in [-0.39, 0.29) is 11.8 Å². The molecule has 1 fully saturated rings. The van der Waals surface area contributed by atoms with Crippen molar-refractivity contribution >= 4 is 21.8 Å². The lowest BCUT2D eigenvalue weighted by Gasteiger charge is -2.27. The molecule has 1 aliphatic rings. The molecule has 0 saturated carbocycles. The monoisotopic (exact) mass is 354 g/mol. The number of halogens is 1. The maximum Gasteiger partial charge on any atom is 0.263 e. The van der Waals surface area contributed by atoms with E-state index in [1.165, 1.54) is 0 Å². The summed E-state index contributed by atoms with van der Waals surface area (Å²) in [5, 5.41) is 0. The van der Waals surface area contributed by atoms with Gasteiger partial charge in [0.2, 0.25) is 0 Å². The fourth-order valence-corrected chi connectivity index (χ4v) is 2.93. The Morgan fingerprint density at radius 1 is 1.48 bits per heavy atom. The molecular weight excluding hydrogens is 332 g/mol. The first-order valence-corrected chi connectivity index (χ1v) is 8.22. The SMILES string of the molecule is CC(C)[C@H](Oc1ccccc1Br)C(=O)N1CC[C@@H](CN)C1. The number of nitrogens with zero attached hydrogens (tertiary/aromatic N) is 1. The van der Waals surface area contributed by atoms with Gasteiger partial charge in [0.05, 0.1) is 4.47 Å². The average molecular weight is 355 g/mol. The highest BCUT2D eigenvalue weighted by atomic mass is 79.9. The molecule has 0 aromatic heterocycles. The van der Waals surface area contributed by atoms with Crippen LogP contribution in [0.15, 0.2) is 28.7 Å². The highest BCUT2D eigenvalue weighted by Crippen LogP contribution is 2.27. The van der Waals surface area contributed by atoms with Gasteiger partial charge in [-0.1, -0.05) is 26.0 Å². The molecule has 21 heavy (non-hydrogen) atoms. The van der Waals surface area contributed by atoms with Crippen LogP contribution in [0.1, 0.15) is 20.3 Å². The zero-order chi connectivity index (χ0) is 15.4. The quantitative estimate of drug-likeness (QED) is 0.884. The molecule has 5 heteroatoms. The van der Waals surface area contributed by atoms with Crippen molar-refractivity contribution in [1.82, 2.24) is 4.90 Å². The Hall–Kier alpha value is -1.07. The third kappa shape index (κ3) is 3.98. The number of benzene rings is 1. The summed E-state index contributed by atoms with van der Waals surface area (Å²) in [6.07, 6.45) is 0.530. The molecule has 1 aliphatic heterocycles. The second-order valence-corrected chi connectivity index (χ2v) is 6.74. The van der Waals surface area contributed by atoms with Crippen LogP contribution in [0.25, 0.3) is 0 Å². The maximum absolute atomic E-state index is 12.7. The fraction of sp³-hybridized carbons (Fsp3) is 0.562. The Kier molecular flexibility index (Phi) is 5.65. The van der Waals surface area contributed by atoms with Gasteiger partial charge in [0, 0.05) is 13.1 Å². The summed E-state index contributed by atoms with van der Waals surface area (Å²) in [6, 6.07) is 7.62. The molecule has 4 nitrogen and oxygen atoms in total. The van der Waals surface area contributed by atoms with Crippen molar-refractivity contribution in [1.29, 1.82) is 0 Å². The van der Waals surface area contributed by atoms with Gasteiger partial charge < -0.3 is 15.4 Å². The molecule has 2 atom stereocenters. The van der Waals surface area contributed by atoms with Crippen molar-refractivity contribution in [3.63, 3.8) is 0 Å². The number of likely N-dealkylation sites (tertiary alicyclic amines) is 1. The van der Waals surface area contributed by atoms with Gasteiger partial charge in [-0.15, -0.1) is 0 Å². The summed E-state index contributed by atoms with van der Waals surface area (Å²) < 4.78 is 6.85. The van der Waals surface area contributed by atoms with Gasteiger partial charge >= 0.3 is 0 Å². The van der Waals surface area contributed by atoms with Gasteiger partial charge in [0.1, 0.15) is 5.75 Å². The smallest absolute Gasteiger partial charge is 0.263 e. The summed E-state index contributed by atoms with van der Waals surface area (Å²) in [5.74, 6) is 1.31. The Bertz CT molecular complexity index is 493. The van der Waals surface area contributed by atoms with Crippen molar-refractivity contribution in [2.45, 2.75) is 26.4 Å². The van der Waals surface area contributed by atoms with Crippen molar-refractivity contribution in [3.8, 4) is 5.75 Å². The van der Waals surface area contributed by atoms with Gasteiger partial charge in [-0.3, -0.25) is 4.79 Å². The first kappa shape index (κ1) is 16.3. The van der Waals surface area contributed by atoms with Crippen molar-refractivity contribution in [3.05, 3.63) is 28.7 Å². The lowest BCUT2D eigenvalue weighted by molar-refractivity contribution is -0.139. The van der Waals surface area contributed by atoms with Crippen LogP contribution in [0.4, 0.5) is 0 Å². The normalized spacial score (nSPS) is 19.9. The molecular formula is C16H23BrN2O2. The predicted molar refractivity (Wildman–Crippen MR) is 87.1 cm³/mol. The molecule has 2 N–H and O–H groups in total. The Morgan fingerprint density at radius 3 is 2.76 bits per heavy atom. The number of amides is 1. The van der Waals surface area contributed by atoms with Crippen LogP contribution in [-0.4, -0.2) is 36.5 Å². The number of nitrogens with two attached hydrogens (primary N) is 1. The number of carbonyl (C=O) groups excluding carboxylic acids is 1. The van der Waals surface area contributed by atoms with Crippen LogP contribution in [0.3, 0.4) is 0 Å². The number of rotatable bonds is 5. The second-order valence-electron chi connectivity index (χ2n) is 5.89. The molecule has 116 valence electrons. The molecule has 1 amide bonds. The summed E-state index contributed by atoms with van der Waals surface area (Å²) in [5.41, 5.74) is 5.70. The summed E-state index contributed by atoms with van der Waals surface area (Å²) in [4.78, 5) is 14.6. The van der Waals surface area contributed by atoms with Gasteiger partial charge in [0.15, 0.2) is 6.10 Å². The highest BCUT2D eigenvalue weighted by molar-refractivity contribution is 9.10. The Morgan fingerprint density at radius 2 is 2.19 bits per heavy atom. The van der Waals surface area contributed by atoms with E-state index >= 15 is 0 Å². The highest BCUT2D eigenvalue weighted by Gasteiger charge is 2.33. The zero-order valence-electron chi connectivity index (χ0n) is 12.6. The lowest BCUT2D eigenvalue weighted by Crippen LogP contribution is -2.44. The van der Waals surface area contributed by atoms with Crippen molar-refractivity contribution < 1.29 is 9.53 Å². The van der Waals surface area contributed by atoms with Crippen LogP contribution in [0.5, 0.6) is 5.75 Å². The summed E-state index contributed by atoms with van der Waals surface area (Å²) >= 11 is 3.46. The molecule has 1 aromatic carbocycles. The van der Waals surface area contributed by atoms with E-state index in [9.17, 15) is 4.79 Å². The van der Waals surface area contributed by atoms with Gasteiger partial charge in [0.25, 0.3) is 5.91 Å². The number of para-hydroxylation sites is 1. The Labute approximate surface area is 134 Å². The number of ether oxygens (including phenoxy) is 1. The first-order chi connectivity index (χ1) is 10.0. The van der Waals surface area contributed by atoms with Gasteiger partial charge in [-0.2, -0.15) is 0 Å². The largest absolute Gasteiger partial charge is 0.479 e. The molecule has 0 unspecified atom stereocenters. The van der Waals surface area contributed by atoms with Crippen LogP contribution >= 0.6 is 15.9 Å². The number of hydrogen-bond acceptors (Lipinski definition) is 3. The molecule has 1 saturated heterocycles. The molecule has 1 aromatic rings. The van der Waals surface area contributed by atoms with Crippen molar-refractivity contribution in [2.75, 3.05) is 19.6 Å². The van der Waals surface area contributed by atoms with E-state index < -0.39 is 6.10 Å². The third-order valence-corrected chi connectivity index (χ3v) is 4.53. The van der Waals surface area contributed by atoms with Crippen LogP contribution < -0.4 is 10.5 Å². The first-order valence-electron chi connectivity index (χ1n) is 7.43. The lowest BCUT2D eigenvalue weighted by atomic mass is 10.1. The molecule has 1 heterocycles. The maximum atomic E-state index is 12.7. The minimum Gasteiger partial charge on any atom is -0.479 e. The van der Waals surface area contributed by atoms with Crippen LogP contribution in [-0.2, 0) is 4.79 Å². The topological polar surface area (TPSA) is 55.6 Å². The number of hydrogen-bond donors (Lipinski definition) is 1. The molecule has 0 radical (unpaired) electrons. The second kappa shape index (κ2) is 7.27. The van der Waals surface area contributed by atoms with Crippen molar-refractivity contribution in [2.24, 2.45) is 17.6 Å². The van der Waals surface area contributed by atoms with Crippen LogP contribution in [0, 0.1) is 11.8 Å². The van der Waals surface area contributed by atoms with Gasteiger partial charge in [-0.25, -0.2) is 0 Å². The van der Waals surface area contributed by atoms with E-state index in [0.29, 0.717) is 18.2 Å². The van der Waals surface area contributed by atoms with E-state index in [4.69, 9.17) is 10.5 Å². The third-order valence-electron chi connectivity index (χ3n) is 3.87.